The number of nitrogens with zero attached hydrogens (tertiary/aromatic N) is 5. The van der Waals surface area contributed by atoms with E-state index < -0.39 is 6.04 Å². The Morgan fingerprint density at radius 3 is 2.46 bits per heavy atom. The maximum Gasteiger partial charge on any atom is 0.254 e. The van der Waals surface area contributed by atoms with Crippen LogP contribution in [0.25, 0.3) is 5.78 Å². The second-order valence-electron chi connectivity index (χ2n) is 10.3. The van der Waals surface area contributed by atoms with Crippen molar-refractivity contribution in [2.24, 2.45) is 0 Å². The number of anilines is 1. The van der Waals surface area contributed by atoms with E-state index in [1.807, 2.05) is 60.8 Å². The molecule has 1 unspecified atom stereocenters. The molecule has 202 valence electrons. The zero-order valence-corrected chi connectivity index (χ0v) is 22.7. The normalized spacial score (nSPS) is 14.8. The number of rotatable bonds is 8. The molecule has 2 amide bonds. The lowest BCUT2D eigenvalue weighted by Gasteiger charge is -2.35. The van der Waals surface area contributed by atoms with Crippen molar-refractivity contribution in [3.8, 4) is 0 Å². The first kappa shape index (κ1) is 26.3. The van der Waals surface area contributed by atoms with Crippen LogP contribution in [0.4, 0.5) is 5.82 Å². The number of hydrogen-bond acceptors (Lipinski definition) is 6. The Kier molecular flexibility index (Phi) is 7.86. The maximum atomic E-state index is 13.3. The van der Waals surface area contributed by atoms with Crippen LogP contribution in [0.2, 0.25) is 0 Å². The topological polar surface area (TPSA) is 105 Å². The number of benzene rings is 2. The van der Waals surface area contributed by atoms with Crippen LogP contribution in [0.5, 0.6) is 0 Å². The fourth-order valence-corrected chi connectivity index (χ4v) is 5.35. The van der Waals surface area contributed by atoms with Crippen molar-refractivity contribution in [2.75, 3.05) is 18.0 Å². The summed E-state index contributed by atoms with van der Waals surface area (Å²) in [6, 6.07) is 17.7. The second kappa shape index (κ2) is 11.6. The van der Waals surface area contributed by atoms with Gasteiger partial charge >= 0.3 is 0 Å². The number of hydrogen-bond donors (Lipinski definition) is 2. The summed E-state index contributed by atoms with van der Waals surface area (Å²) in [5, 5.41) is 10.5. The quantitative estimate of drug-likeness (QED) is 0.366. The van der Waals surface area contributed by atoms with Gasteiger partial charge in [0, 0.05) is 50.2 Å². The maximum absolute atomic E-state index is 13.3. The Bertz CT molecular complexity index is 1460. The third-order valence-corrected chi connectivity index (χ3v) is 7.45. The van der Waals surface area contributed by atoms with Crippen molar-refractivity contribution >= 4 is 23.4 Å². The lowest BCUT2D eigenvalue weighted by atomic mass is 9.98. The summed E-state index contributed by atoms with van der Waals surface area (Å²) in [7, 11) is 0. The van der Waals surface area contributed by atoms with Gasteiger partial charge in [0.1, 0.15) is 18.2 Å². The van der Waals surface area contributed by atoms with E-state index in [4.69, 9.17) is 4.98 Å². The Morgan fingerprint density at radius 2 is 1.74 bits per heavy atom. The molecule has 0 aliphatic carbocycles. The fourth-order valence-electron chi connectivity index (χ4n) is 5.35. The molecule has 3 heterocycles. The Morgan fingerprint density at radius 1 is 1.03 bits per heavy atom. The first-order valence-corrected chi connectivity index (χ1v) is 13.5. The Hall–Kier alpha value is -4.27. The highest BCUT2D eigenvalue weighted by molar-refractivity contribution is 5.87. The Balaban J connectivity index is 1.30. The first-order valence-electron chi connectivity index (χ1n) is 13.5. The van der Waals surface area contributed by atoms with Crippen LogP contribution in [0.3, 0.4) is 0 Å². The molecule has 5 rings (SSSR count). The monoisotopic (exact) mass is 525 g/mol. The van der Waals surface area contributed by atoms with Crippen LogP contribution in [-0.2, 0) is 22.4 Å². The van der Waals surface area contributed by atoms with E-state index in [2.05, 4.69) is 37.7 Å². The van der Waals surface area contributed by atoms with Crippen molar-refractivity contribution in [1.82, 2.24) is 30.2 Å². The molecule has 1 saturated heterocycles. The van der Waals surface area contributed by atoms with Gasteiger partial charge < -0.3 is 15.5 Å². The SMILES string of the molecule is CC(=O)NC(Cc1ccccc1C)C(=O)NC1CCN(c2c(Cc3ccccc3)c(C)nc3ncnn23)CC1. The third kappa shape index (κ3) is 6.08. The summed E-state index contributed by atoms with van der Waals surface area (Å²) in [4.78, 5) is 36.5. The summed E-state index contributed by atoms with van der Waals surface area (Å²) in [5.41, 5.74) is 5.44. The molecular formula is C30H35N7O2. The van der Waals surface area contributed by atoms with Crippen molar-refractivity contribution in [2.45, 2.75) is 58.5 Å². The van der Waals surface area contributed by atoms with Gasteiger partial charge in [-0.05, 0) is 43.4 Å². The van der Waals surface area contributed by atoms with Gasteiger partial charge in [-0.15, -0.1) is 0 Å². The minimum absolute atomic E-state index is 0.0219. The van der Waals surface area contributed by atoms with Gasteiger partial charge in [-0.3, -0.25) is 9.59 Å². The van der Waals surface area contributed by atoms with E-state index in [-0.39, 0.29) is 17.9 Å². The van der Waals surface area contributed by atoms with Gasteiger partial charge in [0.05, 0.1) is 0 Å². The van der Waals surface area contributed by atoms with Gasteiger partial charge in [0.15, 0.2) is 0 Å². The molecule has 1 atom stereocenters. The number of aryl methyl sites for hydroxylation is 2. The molecule has 39 heavy (non-hydrogen) atoms. The zero-order chi connectivity index (χ0) is 27.4. The van der Waals surface area contributed by atoms with Crippen LogP contribution < -0.4 is 15.5 Å². The van der Waals surface area contributed by atoms with E-state index in [9.17, 15) is 9.59 Å². The molecule has 2 aromatic carbocycles. The van der Waals surface area contributed by atoms with Crippen molar-refractivity contribution < 1.29 is 9.59 Å². The van der Waals surface area contributed by atoms with Gasteiger partial charge in [0.25, 0.3) is 5.78 Å². The average molecular weight is 526 g/mol. The van der Waals surface area contributed by atoms with Crippen molar-refractivity contribution in [3.05, 3.63) is 88.9 Å². The number of amides is 2. The van der Waals surface area contributed by atoms with Crippen LogP contribution in [-0.4, -0.2) is 56.6 Å². The molecule has 2 aromatic heterocycles. The summed E-state index contributed by atoms with van der Waals surface area (Å²) in [6.07, 6.45) is 4.32. The van der Waals surface area contributed by atoms with Crippen LogP contribution in [0, 0.1) is 13.8 Å². The summed E-state index contributed by atoms with van der Waals surface area (Å²) in [6.45, 7) is 7.01. The predicted molar refractivity (Wildman–Crippen MR) is 151 cm³/mol. The van der Waals surface area contributed by atoms with Crippen LogP contribution in [0.1, 0.15) is 47.7 Å². The fraction of sp³-hybridized carbons (Fsp3) is 0.367. The van der Waals surface area contributed by atoms with Gasteiger partial charge in [-0.25, -0.2) is 4.98 Å². The summed E-state index contributed by atoms with van der Waals surface area (Å²) >= 11 is 0. The van der Waals surface area contributed by atoms with Gasteiger partial charge in [0.2, 0.25) is 11.8 Å². The lowest BCUT2D eigenvalue weighted by Crippen LogP contribution is -2.53. The van der Waals surface area contributed by atoms with E-state index in [1.54, 1.807) is 6.33 Å². The standard InChI is InChI=1S/C30H35N7O2/c1-20-9-7-8-12-24(20)18-27(34-22(3)38)28(39)35-25-13-15-36(16-14-25)29-26(17-23-10-5-4-6-11-23)21(2)33-30-31-19-32-37(29)30/h4-12,19,25,27H,13-18H2,1-3H3,(H,34,38)(H,35,39). The zero-order valence-electron chi connectivity index (χ0n) is 22.7. The highest BCUT2D eigenvalue weighted by Crippen LogP contribution is 2.28. The predicted octanol–water partition coefficient (Wildman–Crippen LogP) is 3.16. The van der Waals surface area contributed by atoms with Crippen molar-refractivity contribution in [1.29, 1.82) is 0 Å². The van der Waals surface area contributed by atoms with Crippen LogP contribution >= 0.6 is 0 Å². The number of fused-ring (bicyclic) bond motifs is 1. The molecule has 0 saturated carbocycles. The molecule has 1 aliphatic rings. The van der Waals surface area contributed by atoms with E-state index in [0.717, 1.165) is 60.6 Å². The molecule has 9 heteroatoms. The van der Waals surface area contributed by atoms with Gasteiger partial charge in [-0.1, -0.05) is 54.6 Å². The highest BCUT2D eigenvalue weighted by Gasteiger charge is 2.28. The molecule has 9 nitrogen and oxygen atoms in total. The van der Waals surface area contributed by atoms with Gasteiger partial charge in [-0.2, -0.15) is 14.6 Å². The molecular weight excluding hydrogens is 490 g/mol. The molecule has 1 aliphatic heterocycles. The largest absolute Gasteiger partial charge is 0.356 e. The number of piperidine rings is 1. The average Bonchev–Trinajstić information content (AvgIpc) is 3.39. The molecule has 2 N–H and O–H groups in total. The minimum atomic E-state index is -0.614. The summed E-state index contributed by atoms with van der Waals surface area (Å²) < 4.78 is 1.83. The third-order valence-electron chi connectivity index (χ3n) is 7.45. The van der Waals surface area contributed by atoms with E-state index in [0.29, 0.717) is 12.2 Å². The number of nitrogens with one attached hydrogen (secondary N) is 2. The molecule has 4 aromatic rings. The highest BCUT2D eigenvalue weighted by atomic mass is 16.2. The molecule has 0 spiro atoms. The number of carbonyl (C=O) groups is 2. The number of carbonyl (C=O) groups excluding carboxylic acids is 2. The van der Waals surface area contributed by atoms with E-state index in [1.165, 1.54) is 12.5 Å². The van der Waals surface area contributed by atoms with Crippen molar-refractivity contribution in [3.63, 3.8) is 0 Å². The minimum Gasteiger partial charge on any atom is -0.356 e. The summed E-state index contributed by atoms with van der Waals surface area (Å²) in [5.74, 6) is 1.24. The smallest absolute Gasteiger partial charge is 0.254 e. The molecule has 1 fully saturated rings. The second-order valence-corrected chi connectivity index (χ2v) is 10.3. The van der Waals surface area contributed by atoms with Crippen LogP contribution in [0.15, 0.2) is 60.9 Å². The lowest BCUT2D eigenvalue weighted by molar-refractivity contribution is -0.128. The number of aromatic nitrogens is 4. The Labute approximate surface area is 228 Å². The van der Waals surface area contributed by atoms with E-state index >= 15 is 0 Å². The first-order chi connectivity index (χ1) is 18.9. The molecule has 0 bridgehead atoms. The molecule has 0 radical (unpaired) electrons.